The van der Waals surface area contributed by atoms with Crippen molar-refractivity contribution in [2.45, 2.75) is 12.3 Å². The van der Waals surface area contributed by atoms with Gasteiger partial charge in [-0.15, -0.1) is 0 Å². The molecule has 0 aliphatic heterocycles. The summed E-state index contributed by atoms with van der Waals surface area (Å²) in [5.74, 6) is 1.22. The van der Waals surface area contributed by atoms with Crippen LogP contribution in [0.15, 0.2) is 42.2 Å². The molecule has 0 fully saturated rings. The molecule has 0 atom stereocenters. The second-order valence-corrected chi connectivity index (χ2v) is 4.97. The molecule has 1 aromatic heterocycles. The molecule has 0 aliphatic carbocycles. The summed E-state index contributed by atoms with van der Waals surface area (Å²) in [5, 5.41) is 0.432. The number of benzene rings is 1. The van der Waals surface area contributed by atoms with Crippen LogP contribution in [0.3, 0.4) is 0 Å². The van der Waals surface area contributed by atoms with Crippen LogP contribution >= 0.6 is 15.9 Å². The van der Waals surface area contributed by atoms with Gasteiger partial charge in [-0.2, -0.15) is 0 Å². The Bertz CT molecular complexity index is 766. The Kier molecular flexibility index (Phi) is 5.33. The van der Waals surface area contributed by atoms with Crippen molar-refractivity contribution in [3.05, 3.63) is 64.9 Å². The van der Waals surface area contributed by atoms with Gasteiger partial charge in [0.1, 0.15) is 11.6 Å². The first-order valence-corrected chi connectivity index (χ1v) is 7.99. The van der Waals surface area contributed by atoms with Crippen LogP contribution in [-0.4, -0.2) is 16.2 Å². The van der Waals surface area contributed by atoms with Gasteiger partial charge in [0.2, 0.25) is 0 Å². The lowest BCUT2D eigenvalue weighted by Gasteiger charge is -2.16. The monoisotopic (exact) mass is 360 g/mol. The van der Waals surface area contributed by atoms with Crippen LogP contribution in [0.25, 0.3) is 17.8 Å². The second-order valence-electron chi connectivity index (χ2n) is 4.41. The van der Waals surface area contributed by atoms with Gasteiger partial charge in [0.05, 0.1) is 28.9 Å². The van der Waals surface area contributed by atoms with Gasteiger partial charge >= 0.3 is 0 Å². The van der Waals surface area contributed by atoms with E-state index in [0.717, 1.165) is 0 Å². The van der Waals surface area contributed by atoms with Crippen LogP contribution in [0.1, 0.15) is 24.0 Å². The molecule has 1 aromatic carbocycles. The van der Waals surface area contributed by atoms with Crippen molar-refractivity contribution < 1.29 is 4.74 Å². The topological polar surface area (TPSA) is 44.1 Å². The number of ether oxygens (including phenoxy) is 1. The summed E-state index contributed by atoms with van der Waals surface area (Å²) in [6, 6.07) is 7.39. The lowest BCUT2D eigenvalue weighted by atomic mass is 10.2. The Hall–Kier alpha value is -2.14. The van der Waals surface area contributed by atoms with E-state index >= 15 is 0 Å². The van der Waals surface area contributed by atoms with Crippen molar-refractivity contribution in [2.75, 3.05) is 6.61 Å². The van der Waals surface area contributed by atoms with Crippen LogP contribution in [0.2, 0.25) is 0 Å². The first-order valence-electron chi connectivity index (χ1n) is 6.86. The summed E-state index contributed by atoms with van der Waals surface area (Å²) in [6.45, 7) is 9.83. The average molecular weight is 361 g/mol. The highest BCUT2D eigenvalue weighted by atomic mass is 79.9. The zero-order valence-electron chi connectivity index (χ0n) is 12.4. The van der Waals surface area contributed by atoms with Gasteiger partial charge in [-0.05, 0) is 25.1 Å². The molecule has 0 aliphatic rings. The molecule has 1 heterocycles. The molecule has 0 saturated heterocycles. The predicted molar refractivity (Wildman–Crippen MR) is 93.8 cm³/mol. The van der Waals surface area contributed by atoms with Crippen molar-refractivity contribution >= 4 is 28.1 Å². The number of hydrogen-bond donors (Lipinski definition) is 0. The fraction of sp³-hybridized carbons (Fsp3) is 0.176. The van der Waals surface area contributed by atoms with Crippen LogP contribution in [0.5, 0.6) is 5.75 Å². The number of alkyl halides is 1. The highest BCUT2D eigenvalue weighted by Gasteiger charge is 2.16. The van der Waals surface area contributed by atoms with E-state index in [2.05, 4.69) is 34.1 Å². The molecular formula is C17H17BrN2O2. The number of rotatable bonds is 6. The molecule has 5 heteroatoms. The Labute approximate surface area is 137 Å². The van der Waals surface area contributed by atoms with Gasteiger partial charge in [0.15, 0.2) is 0 Å². The minimum absolute atomic E-state index is 0.193. The number of halogens is 1. The lowest BCUT2D eigenvalue weighted by Crippen LogP contribution is -2.27. The van der Waals surface area contributed by atoms with E-state index in [1.807, 2.05) is 31.2 Å². The maximum absolute atomic E-state index is 12.8. The van der Waals surface area contributed by atoms with E-state index in [-0.39, 0.29) is 5.56 Å². The van der Waals surface area contributed by atoms with Crippen LogP contribution < -0.4 is 10.3 Å². The normalized spacial score (nSPS) is 10.3. The third-order valence-corrected chi connectivity index (χ3v) is 3.64. The molecule has 0 unspecified atom stereocenters. The van der Waals surface area contributed by atoms with Gasteiger partial charge < -0.3 is 4.74 Å². The Morgan fingerprint density at radius 2 is 2.05 bits per heavy atom. The Morgan fingerprint density at radius 1 is 1.32 bits per heavy atom. The van der Waals surface area contributed by atoms with Gasteiger partial charge in [-0.1, -0.05) is 47.3 Å². The van der Waals surface area contributed by atoms with E-state index in [1.165, 1.54) is 6.08 Å². The molecule has 4 nitrogen and oxygen atoms in total. The van der Waals surface area contributed by atoms with Crippen molar-refractivity contribution in [1.29, 1.82) is 0 Å². The fourth-order valence-electron chi connectivity index (χ4n) is 2.20. The summed E-state index contributed by atoms with van der Waals surface area (Å²) in [5.41, 5.74) is 1.42. The summed E-state index contributed by atoms with van der Waals surface area (Å²) < 4.78 is 7.17. The van der Waals surface area contributed by atoms with Crippen LogP contribution in [0.4, 0.5) is 0 Å². The number of para-hydroxylation sites is 2. The zero-order valence-corrected chi connectivity index (χ0v) is 14.0. The molecule has 22 heavy (non-hydrogen) atoms. The molecule has 114 valence electrons. The Balaban J connectivity index is 2.83. The van der Waals surface area contributed by atoms with E-state index in [9.17, 15) is 4.79 Å². The third-order valence-electron chi connectivity index (χ3n) is 3.14. The molecule has 2 rings (SSSR count). The number of hydrogen-bond acceptors (Lipinski definition) is 3. The minimum Gasteiger partial charge on any atom is -0.492 e. The molecule has 0 saturated carbocycles. The van der Waals surface area contributed by atoms with Gasteiger partial charge in [-0.3, -0.25) is 9.36 Å². The fourth-order valence-corrected chi connectivity index (χ4v) is 2.58. The average Bonchev–Trinajstić information content (AvgIpc) is 2.55. The van der Waals surface area contributed by atoms with Crippen molar-refractivity contribution in [2.24, 2.45) is 0 Å². The summed E-state index contributed by atoms with van der Waals surface area (Å²) >= 11 is 3.39. The van der Waals surface area contributed by atoms with Crippen LogP contribution in [0, 0.1) is 0 Å². The highest BCUT2D eigenvalue weighted by Crippen LogP contribution is 2.23. The Morgan fingerprint density at radius 3 is 2.64 bits per heavy atom. The van der Waals surface area contributed by atoms with E-state index in [1.54, 1.807) is 10.6 Å². The maximum atomic E-state index is 12.8. The predicted octanol–water partition coefficient (Wildman–Crippen LogP) is 3.81. The van der Waals surface area contributed by atoms with Gasteiger partial charge in [-0.25, -0.2) is 4.98 Å². The smallest absolute Gasteiger partial charge is 0.266 e. The SMILES string of the molecule is C=Cc1nc(CBr)n(-c2ccccc2OCC)c(=O)c1C=C. The standard InChI is InChI=1S/C17H17BrN2O2/c1-4-12-13(5-2)19-16(11-18)20(17(12)21)14-9-7-8-10-15(14)22-6-3/h4-5,7-10H,1-2,6,11H2,3H3. The molecular weight excluding hydrogens is 344 g/mol. The number of nitrogens with zero attached hydrogens (tertiary/aromatic N) is 2. The first-order chi connectivity index (χ1) is 10.7. The van der Waals surface area contributed by atoms with E-state index in [0.29, 0.717) is 40.5 Å². The minimum atomic E-state index is -0.193. The van der Waals surface area contributed by atoms with Crippen LogP contribution in [-0.2, 0) is 5.33 Å². The van der Waals surface area contributed by atoms with Gasteiger partial charge in [0, 0.05) is 0 Å². The largest absolute Gasteiger partial charge is 0.492 e. The highest BCUT2D eigenvalue weighted by molar-refractivity contribution is 9.08. The quantitative estimate of drug-likeness (QED) is 0.735. The lowest BCUT2D eigenvalue weighted by molar-refractivity contribution is 0.338. The van der Waals surface area contributed by atoms with Crippen molar-refractivity contribution in [3.8, 4) is 11.4 Å². The third kappa shape index (κ3) is 2.90. The zero-order chi connectivity index (χ0) is 16.1. The van der Waals surface area contributed by atoms with Crippen molar-refractivity contribution in [3.63, 3.8) is 0 Å². The van der Waals surface area contributed by atoms with Crippen molar-refractivity contribution in [1.82, 2.24) is 9.55 Å². The summed E-state index contributed by atoms with van der Waals surface area (Å²) in [4.78, 5) is 17.3. The van der Waals surface area contributed by atoms with Gasteiger partial charge in [0.25, 0.3) is 5.56 Å². The van der Waals surface area contributed by atoms with E-state index < -0.39 is 0 Å². The van der Waals surface area contributed by atoms with E-state index in [4.69, 9.17) is 4.74 Å². The summed E-state index contributed by atoms with van der Waals surface area (Å²) in [6.07, 6.45) is 3.06. The molecule has 0 bridgehead atoms. The maximum Gasteiger partial charge on any atom is 0.266 e. The second kappa shape index (κ2) is 7.22. The molecule has 0 radical (unpaired) electrons. The molecule has 0 spiro atoms. The number of aromatic nitrogens is 2. The first kappa shape index (κ1) is 16.2. The molecule has 0 N–H and O–H groups in total. The molecule has 2 aromatic rings. The summed E-state index contributed by atoms with van der Waals surface area (Å²) in [7, 11) is 0. The molecule has 0 amide bonds.